The van der Waals surface area contributed by atoms with Gasteiger partial charge in [-0.25, -0.2) is 0 Å². The van der Waals surface area contributed by atoms with Crippen LogP contribution in [0.3, 0.4) is 0 Å². The highest BCUT2D eigenvalue weighted by atomic mass is 16.5. The lowest BCUT2D eigenvalue weighted by Crippen LogP contribution is -2.58. The molecule has 8 nitrogen and oxygen atoms in total. The number of carbonyl (C=O) groups excluding carboxylic acids is 1. The number of ether oxygens (including phenoxy) is 1. The molecule has 2 aromatic rings. The smallest absolute Gasteiger partial charge is 0.537 e. The Balaban J connectivity index is 1.57. The molecule has 1 atom stereocenters. The summed E-state index contributed by atoms with van der Waals surface area (Å²) in [5, 5.41) is 27.8. The number of rotatable bonds is 7. The number of phenols is 2. The van der Waals surface area contributed by atoms with Crippen LogP contribution in [-0.4, -0.2) is 52.9 Å². The summed E-state index contributed by atoms with van der Waals surface area (Å²) in [7, 11) is 0.629. The third kappa shape index (κ3) is 4.15. The third-order valence-corrected chi connectivity index (χ3v) is 4.69. The topological polar surface area (TPSA) is 125 Å². The van der Waals surface area contributed by atoms with E-state index in [1.165, 1.54) is 18.2 Å². The molecular weight excluding hydrogens is 363 g/mol. The van der Waals surface area contributed by atoms with Crippen LogP contribution < -0.4 is 15.1 Å². The molecule has 1 amide bonds. The highest BCUT2D eigenvalue weighted by molar-refractivity contribution is 6.17. The number of likely N-dealkylation sites (tertiary alicyclic amines) is 1. The van der Waals surface area contributed by atoms with Crippen molar-refractivity contribution in [3.63, 3.8) is 0 Å². The predicted octanol–water partition coefficient (Wildman–Crippen LogP) is 0.855. The summed E-state index contributed by atoms with van der Waals surface area (Å²) < 4.78 is 10.9. The Labute approximate surface area is 163 Å². The van der Waals surface area contributed by atoms with Crippen LogP contribution in [0, 0.1) is 0 Å². The monoisotopic (exact) mass is 385 g/mol. The number of nitrogens with zero attached hydrogens (tertiary/aromatic N) is 1. The number of aromatic hydroxyl groups is 2. The maximum Gasteiger partial charge on any atom is 0.569 e. The lowest BCUT2D eigenvalue weighted by molar-refractivity contribution is -0.141. The fraction of sp³-hybridized carbons (Fsp3) is 0.316. The second-order valence-corrected chi connectivity index (χ2v) is 6.56. The van der Waals surface area contributed by atoms with Gasteiger partial charge in [0.2, 0.25) is 5.91 Å². The van der Waals surface area contributed by atoms with Gasteiger partial charge in [0.1, 0.15) is 23.6 Å². The van der Waals surface area contributed by atoms with Crippen LogP contribution in [0.5, 0.6) is 23.0 Å². The van der Waals surface area contributed by atoms with E-state index < -0.39 is 6.04 Å². The number of phenolic OH excluding ortho intramolecular Hbond substituents is 2. The van der Waals surface area contributed by atoms with E-state index in [0.717, 1.165) is 12.0 Å². The van der Waals surface area contributed by atoms with Gasteiger partial charge in [-0.05, 0) is 35.7 Å². The van der Waals surface area contributed by atoms with Gasteiger partial charge in [0.05, 0.1) is 13.1 Å². The normalized spacial score (nSPS) is 14.9. The first-order valence-corrected chi connectivity index (χ1v) is 8.91. The average Bonchev–Trinajstić information content (AvgIpc) is 2.66. The summed E-state index contributed by atoms with van der Waals surface area (Å²) in [5.41, 5.74) is 7.34. The van der Waals surface area contributed by atoms with Gasteiger partial charge in [-0.1, -0.05) is 19.1 Å². The molecule has 1 unspecified atom stereocenters. The van der Waals surface area contributed by atoms with E-state index in [1.807, 2.05) is 19.1 Å². The van der Waals surface area contributed by atoms with Crippen LogP contribution in [0.4, 0.5) is 0 Å². The number of carbonyl (C=O) groups is 1. The highest BCUT2D eigenvalue weighted by Crippen LogP contribution is 2.30. The zero-order chi connectivity index (χ0) is 20.3. The van der Waals surface area contributed by atoms with E-state index in [0.29, 0.717) is 37.8 Å². The molecule has 0 saturated carbocycles. The number of benzene rings is 2. The van der Waals surface area contributed by atoms with Crippen molar-refractivity contribution in [2.45, 2.75) is 25.5 Å². The highest BCUT2D eigenvalue weighted by Gasteiger charge is 2.35. The molecule has 0 aromatic heterocycles. The van der Waals surface area contributed by atoms with Gasteiger partial charge in [-0.2, -0.15) is 0 Å². The van der Waals surface area contributed by atoms with Crippen molar-refractivity contribution in [1.82, 2.24) is 4.90 Å². The molecule has 2 aromatic carbocycles. The quantitative estimate of drug-likeness (QED) is 0.411. The Morgan fingerprint density at radius 2 is 2.00 bits per heavy atom. The molecule has 1 aliphatic heterocycles. The molecular formula is C19H22BN2O6. The van der Waals surface area contributed by atoms with Crippen molar-refractivity contribution in [1.29, 1.82) is 0 Å². The molecule has 5 N–H and O–H groups in total. The lowest BCUT2D eigenvalue weighted by Gasteiger charge is -2.40. The molecule has 0 bridgehead atoms. The van der Waals surface area contributed by atoms with Crippen molar-refractivity contribution in [3.8, 4) is 23.0 Å². The van der Waals surface area contributed by atoms with E-state index in [2.05, 4.69) is 0 Å². The Hall–Kier alpha value is -2.91. The van der Waals surface area contributed by atoms with Crippen LogP contribution in [-0.2, 0) is 11.2 Å². The van der Waals surface area contributed by atoms with Gasteiger partial charge in [0.15, 0.2) is 11.5 Å². The number of hydrogen-bond donors (Lipinski definition) is 4. The Morgan fingerprint density at radius 3 is 2.64 bits per heavy atom. The first-order chi connectivity index (χ1) is 13.4. The van der Waals surface area contributed by atoms with Crippen LogP contribution >= 0.6 is 0 Å². The maximum atomic E-state index is 12.5. The molecule has 1 fully saturated rings. The van der Waals surface area contributed by atoms with Gasteiger partial charge in [-0.15, -0.1) is 0 Å². The zero-order valence-corrected chi connectivity index (χ0v) is 15.4. The summed E-state index contributed by atoms with van der Waals surface area (Å²) in [4.78, 5) is 14.1. The van der Waals surface area contributed by atoms with Crippen LogP contribution in [0.25, 0.3) is 0 Å². The van der Waals surface area contributed by atoms with Crippen LogP contribution in [0.1, 0.15) is 24.1 Å². The lowest BCUT2D eigenvalue weighted by atomic mass is 10.0. The zero-order valence-electron chi connectivity index (χ0n) is 15.4. The molecule has 147 valence electrons. The van der Waals surface area contributed by atoms with E-state index >= 15 is 0 Å². The van der Waals surface area contributed by atoms with E-state index in [9.17, 15) is 15.0 Å². The van der Waals surface area contributed by atoms with Crippen molar-refractivity contribution in [3.05, 3.63) is 47.5 Å². The fourth-order valence-electron chi connectivity index (χ4n) is 3.03. The van der Waals surface area contributed by atoms with Gasteiger partial charge >= 0.3 is 7.69 Å². The first-order valence-electron chi connectivity index (χ1n) is 8.91. The number of nitrogens with two attached hydrogens (primary N) is 1. The largest absolute Gasteiger partial charge is 0.569 e. The molecule has 1 radical (unpaired) electrons. The predicted molar refractivity (Wildman–Crippen MR) is 102 cm³/mol. The van der Waals surface area contributed by atoms with Crippen LogP contribution in [0.2, 0.25) is 0 Å². The molecule has 0 spiro atoms. The number of amides is 1. The van der Waals surface area contributed by atoms with E-state index in [1.54, 1.807) is 11.0 Å². The van der Waals surface area contributed by atoms with Crippen molar-refractivity contribution >= 4 is 13.6 Å². The molecule has 1 heterocycles. The molecule has 1 aliphatic rings. The Kier molecular flexibility index (Phi) is 5.96. The molecule has 1 saturated heterocycles. The van der Waals surface area contributed by atoms with Crippen molar-refractivity contribution in [2.75, 3.05) is 13.1 Å². The molecule has 0 aliphatic carbocycles. The average molecular weight is 385 g/mol. The summed E-state index contributed by atoms with van der Waals surface area (Å²) in [6, 6.07) is 8.52. The van der Waals surface area contributed by atoms with Gasteiger partial charge in [0.25, 0.3) is 0 Å². The summed E-state index contributed by atoms with van der Waals surface area (Å²) in [5.74, 6) is 0.226. The van der Waals surface area contributed by atoms with Crippen LogP contribution in [0.15, 0.2) is 36.4 Å². The Bertz CT molecular complexity index is 856. The van der Waals surface area contributed by atoms with Crippen molar-refractivity contribution in [2.24, 2.45) is 5.73 Å². The molecule has 3 rings (SSSR count). The molecule has 9 heteroatoms. The number of aryl methyl sites for hydroxylation is 1. The summed E-state index contributed by atoms with van der Waals surface area (Å²) in [6.45, 7) is 2.75. The minimum atomic E-state index is -0.934. The SMILES string of the molecule is CCc1ccc(OC2CN(C(=O)C(N)c3ccc(O)c(O)c3)C2)cc1O[B]O. The van der Waals surface area contributed by atoms with Gasteiger partial charge in [-0.3, -0.25) is 4.79 Å². The minimum absolute atomic E-state index is 0.178. The maximum absolute atomic E-state index is 12.5. The van der Waals surface area contributed by atoms with Gasteiger partial charge < -0.3 is 35.3 Å². The fourth-order valence-corrected chi connectivity index (χ4v) is 3.03. The molecule has 28 heavy (non-hydrogen) atoms. The van der Waals surface area contributed by atoms with E-state index in [4.69, 9.17) is 20.1 Å². The Morgan fingerprint density at radius 1 is 1.25 bits per heavy atom. The second kappa shape index (κ2) is 8.41. The summed E-state index contributed by atoms with van der Waals surface area (Å²) in [6.07, 6.45) is 0.572. The standard InChI is InChI=1S/C19H22BN2O6/c1-2-11-3-5-13(8-17(11)28-20-26)27-14-9-22(10-14)19(25)18(21)12-4-6-15(23)16(24)7-12/h3-8,14,18,23-24,26H,2,9-10,21H2,1H3. The first kappa shape index (κ1) is 19.8. The third-order valence-electron chi connectivity index (χ3n) is 4.69. The van der Waals surface area contributed by atoms with E-state index in [-0.39, 0.29) is 23.5 Å². The van der Waals surface area contributed by atoms with Crippen molar-refractivity contribution < 1.29 is 29.4 Å². The number of hydrogen-bond acceptors (Lipinski definition) is 7. The minimum Gasteiger partial charge on any atom is -0.537 e. The summed E-state index contributed by atoms with van der Waals surface area (Å²) >= 11 is 0. The second-order valence-electron chi connectivity index (χ2n) is 6.56. The van der Waals surface area contributed by atoms with Gasteiger partial charge in [0, 0.05) is 6.07 Å².